The molecule has 4 rings (SSSR count). The van der Waals surface area contributed by atoms with E-state index in [2.05, 4.69) is 0 Å². The molecular weight excluding hydrogens is 497 g/mol. The van der Waals surface area contributed by atoms with Crippen LogP contribution in [-0.2, 0) is 17.4 Å². The molecule has 3 aromatic rings. The first kappa shape index (κ1) is 25.6. The average Bonchev–Trinajstić information content (AvgIpc) is 2.84. The van der Waals surface area contributed by atoms with Crippen LogP contribution in [-0.4, -0.2) is 23.5 Å². The summed E-state index contributed by atoms with van der Waals surface area (Å²) in [5.41, 5.74) is 0.395. The molecule has 5 nitrogen and oxygen atoms in total. The molecule has 188 valence electrons. The minimum absolute atomic E-state index is 0.102. The van der Waals surface area contributed by atoms with Crippen LogP contribution < -0.4 is 9.47 Å². The first-order valence-electron chi connectivity index (χ1n) is 11.3. The van der Waals surface area contributed by atoms with Gasteiger partial charge in [0.25, 0.3) is 0 Å². The number of benzene rings is 3. The molecule has 0 saturated heterocycles. The number of hydrogen-bond donors (Lipinski definition) is 1. The van der Waals surface area contributed by atoms with Crippen LogP contribution in [0.1, 0.15) is 52.2 Å². The Morgan fingerprint density at radius 2 is 1.81 bits per heavy atom. The second-order valence-electron chi connectivity index (χ2n) is 8.41. The van der Waals surface area contributed by atoms with Crippen LogP contribution in [0.25, 0.3) is 0 Å². The molecule has 0 amide bonds. The molecule has 1 unspecified atom stereocenters. The van der Waals surface area contributed by atoms with Crippen molar-refractivity contribution in [2.45, 2.75) is 37.8 Å². The highest BCUT2D eigenvalue weighted by Gasteiger charge is 2.32. The van der Waals surface area contributed by atoms with Crippen molar-refractivity contribution in [2.75, 3.05) is 6.61 Å². The molecule has 0 spiro atoms. The van der Waals surface area contributed by atoms with Gasteiger partial charge in [0.1, 0.15) is 17.2 Å². The molecule has 0 fully saturated rings. The zero-order valence-corrected chi connectivity index (χ0v) is 19.7. The third-order valence-electron chi connectivity index (χ3n) is 5.98. The van der Waals surface area contributed by atoms with E-state index >= 15 is 0 Å². The molecular formula is C27H22ClF3O5. The Morgan fingerprint density at radius 1 is 1.08 bits per heavy atom. The van der Waals surface area contributed by atoms with E-state index in [0.717, 1.165) is 6.07 Å². The molecule has 0 bridgehead atoms. The van der Waals surface area contributed by atoms with Gasteiger partial charge in [-0.25, -0.2) is 0 Å². The maximum absolute atomic E-state index is 13.1. The predicted molar refractivity (Wildman–Crippen MR) is 127 cm³/mol. The number of carbonyl (C=O) groups is 2. The van der Waals surface area contributed by atoms with Crippen molar-refractivity contribution in [1.82, 2.24) is 0 Å². The van der Waals surface area contributed by atoms with Gasteiger partial charge in [-0.05, 0) is 61.2 Å². The molecule has 0 aromatic heterocycles. The summed E-state index contributed by atoms with van der Waals surface area (Å²) in [5.74, 6) is -0.762. The van der Waals surface area contributed by atoms with Gasteiger partial charge in [0.2, 0.25) is 0 Å². The molecule has 1 aliphatic heterocycles. The Kier molecular flexibility index (Phi) is 7.54. The number of carboxylic acids is 1. The maximum Gasteiger partial charge on any atom is 0.416 e. The Balaban J connectivity index is 1.38. The topological polar surface area (TPSA) is 72.8 Å². The summed E-state index contributed by atoms with van der Waals surface area (Å²) in [6.45, 7) is 0.267. The second-order valence-corrected chi connectivity index (χ2v) is 8.81. The van der Waals surface area contributed by atoms with Crippen molar-refractivity contribution in [2.24, 2.45) is 0 Å². The summed E-state index contributed by atoms with van der Waals surface area (Å²) < 4.78 is 50.8. The van der Waals surface area contributed by atoms with E-state index in [-0.39, 0.29) is 48.0 Å². The van der Waals surface area contributed by atoms with Gasteiger partial charge in [-0.1, -0.05) is 29.8 Å². The lowest BCUT2D eigenvalue weighted by Gasteiger charge is -2.24. The number of carboxylic acid groups (broad SMARTS) is 1. The summed E-state index contributed by atoms with van der Waals surface area (Å²) in [4.78, 5) is 24.0. The van der Waals surface area contributed by atoms with Crippen molar-refractivity contribution in [3.05, 3.63) is 87.9 Å². The van der Waals surface area contributed by atoms with Crippen LogP contribution in [0.4, 0.5) is 13.2 Å². The van der Waals surface area contributed by atoms with Gasteiger partial charge < -0.3 is 14.6 Å². The summed E-state index contributed by atoms with van der Waals surface area (Å²) in [5, 5.41) is 9.63. The van der Waals surface area contributed by atoms with Gasteiger partial charge in [-0.3, -0.25) is 9.59 Å². The molecule has 1 N–H and O–H groups in total. The fourth-order valence-corrected chi connectivity index (χ4v) is 4.37. The molecule has 0 radical (unpaired) electrons. The smallest absolute Gasteiger partial charge is 0.416 e. The lowest BCUT2D eigenvalue weighted by molar-refractivity contribution is -0.140. The standard InChI is InChI=1S/C27H22ClF3O5/c28-22-14-20-19(26(33)34)12-13-35-24(20)15-25(22)36-18-10-8-17(9-11-18)23(32)7-3-5-16-4-1-2-6-21(16)27(29,30)31/h1-2,4,6,8-11,14-15,19H,3,5,7,12-13H2,(H,33,34). The third-order valence-corrected chi connectivity index (χ3v) is 6.27. The number of ether oxygens (including phenoxy) is 2. The van der Waals surface area contributed by atoms with Crippen molar-refractivity contribution >= 4 is 23.4 Å². The minimum atomic E-state index is -4.43. The summed E-state index contributed by atoms with van der Waals surface area (Å²) in [7, 11) is 0. The van der Waals surface area contributed by atoms with Crippen LogP contribution in [0.15, 0.2) is 60.7 Å². The highest BCUT2D eigenvalue weighted by atomic mass is 35.5. The summed E-state index contributed by atoms with van der Waals surface area (Å²) in [6, 6.07) is 14.8. The van der Waals surface area contributed by atoms with Gasteiger partial charge in [0.15, 0.2) is 5.78 Å². The fourth-order valence-electron chi connectivity index (χ4n) is 4.16. The van der Waals surface area contributed by atoms with Crippen LogP contribution in [0, 0.1) is 0 Å². The molecule has 0 saturated carbocycles. The number of Topliss-reactive ketones (excluding diaryl/α,β-unsaturated/α-hetero) is 1. The number of aryl methyl sites for hydroxylation is 1. The number of alkyl halides is 3. The number of carbonyl (C=O) groups excluding carboxylic acids is 1. The zero-order valence-electron chi connectivity index (χ0n) is 19.0. The average molecular weight is 519 g/mol. The molecule has 36 heavy (non-hydrogen) atoms. The monoisotopic (exact) mass is 518 g/mol. The van der Waals surface area contributed by atoms with E-state index < -0.39 is 23.6 Å². The Hall–Kier alpha value is -3.52. The van der Waals surface area contributed by atoms with Crippen LogP contribution in [0.2, 0.25) is 5.02 Å². The van der Waals surface area contributed by atoms with Gasteiger partial charge in [-0.2, -0.15) is 13.2 Å². The highest BCUT2D eigenvalue weighted by Crippen LogP contribution is 2.42. The number of rotatable bonds is 8. The maximum atomic E-state index is 13.1. The van der Waals surface area contributed by atoms with Gasteiger partial charge in [0.05, 0.1) is 23.1 Å². The number of hydrogen-bond acceptors (Lipinski definition) is 4. The largest absolute Gasteiger partial charge is 0.493 e. The van der Waals surface area contributed by atoms with E-state index in [9.17, 15) is 27.9 Å². The first-order chi connectivity index (χ1) is 17.1. The Morgan fingerprint density at radius 3 is 2.50 bits per heavy atom. The molecule has 1 atom stereocenters. The lowest BCUT2D eigenvalue weighted by Crippen LogP contribution is -2.20. The zero-order chi connectivity index (χ0) is 25.9. The van der Waals surface area contributed by atoms with Crippen LogP contribution >= 0.6 is 11.6 Å². The Labute approximate surface area is 210 Å². The summed E-state index contributed by atoms with van der Waals surface area (Å²) in [6.07, 6.45) is -3.55. The van der Waals surface area contributed by atoms with Gasteiger partial charge in [0, 0.05) is 23.6 Å². The molecule has 0 aliphatic carbocycles. The minimum Gasteiger partial charge on any atom is -0.493 e. The van der Waals surface area contributed by atoms with Crippen molar-refractivity contribution in [1.29, 1.82) is 0 Å². The van der Waals surface area contributed by atoms with Crippen molar-refractivity contribution < 1.29 is 37.3 Å². The van der Waals surface area contributed by atoms with E-state index in [0.29, 0.717) is 29.0 Å². The van der Waals surface area contributed by atoms with E-state index in [1.165, 1.54) is 18.2 Å². The number of halogens is 4. The molecule has 1 heterocycles. The van der Waals surface area contributed by atoms with Crippen LogP contribution in [0.3, 0.4) is 0 Å². The Bertz CT molecular complexity index is 1270. The van der Waals surface area contributed by atoms with Gasteiger partial charge >= 0.3 is 12.1 Å². The molecule has 3 aromatic carbocycles. The van der Waals surface area contributed by atoms with Crippen molar-refractivity contribution in [3.8, 4) is 17.2 Å². The second kappa shape index (κ2) is 10.6. The molecule has 9 heteroatoms. The van der Waals surface area contributed by atoms with Crippen LogP contribution in [0.5, 0.6) is 17.2 Å². The molecule has 1 aliphatic rings. The van der Waals surface area contributed by atoms with Crippen molar-refractivity contribution in [3.63, 3.8) is 0 Å². The summed E-state index contributed by atoms with van der Waals surface area (Å²) >= 11 is 6.31. The highest BCUT2D eigenvalue weighted by molar-refractivity contribution is 6.32. The van der Waals surface area contributed by atoms with E-state index in [1.54, 1.807) is 36.4 Å². The SMILES string of the molecule is O=C(CCCc1ccccc1C(F)(F)F)c1ccc(Oc2cc3c(cc2Cl)C(C(=O)O)CCO3)cc1. The predicted octanol–water partition coefficient (Wildman–Crippen LogP) is 7.31. The number of ketones is 1. The quantitative estimate of drug-likeness (QED) is 0.317. The van der Waals surface area contributed by atoms with E-state index in [4.69, 9.17) is 21.1 Å². The van der Waals surface area contributed by atoms with E-state index in [1.807, 2.05) is 0 Å². The number of aliphatic carboxylic acids is 1. The normalized spacial score (nSPS) is 15.1. The fraction of sp³-hybridized carbons (Fsp3) is 0.259. The van der Waals surface area contributed by atoms with Gasteiger partial charge in [-0.15, -0.1) is 0 Å². The number of fused-ring (bicyclic) bond motifs is 1. The first-order valence-corrected chi connectivity index (χ1v) is 11.7. The lowest BCUT2D eigenvalue weighted by atomic mass is 9.93. The third kappa shape index (κ3) is 5.82.